The van der Waals surface area contributed by atoms with E-state index in [4.69, 9.17) is 0 Å². The van der Waals surface area contributed by atoms with Crippen molar-refractivity contribution in [2.45, 2.75) is 18.6 Å². The summed E-state index contributed by atoms with van der Waals surface area (Å²) in [5.41, 5.74) is 0. The van der Waals surface area contributed by atoms with Crippen LogP contribution in [-0.2, 0) is 10.8 Å². The molecule has 2 atom stereocenters. The molecule has 0 aliphatic heterocycles. The smallest absolute Gasteiger partial charge is 0.138 e. The minimum Gasteiger partial charge on any atom is -0.369 e. The molecule has 2 heterocycles. The van der Waals surface area contributed by atoms with Gasteiger partial charge in [-0.05, 0) is 17.9 Å². The van der Waals surface area contributed by atoms with E-state index in [-0.39, 0.29) is 5.25 Å². The van der Waals surface area contributed by atoms with Gasteiger partial charge in [-0.3, -0.25) is 4.21 Å². The van der Waals surface area contributed by atoms with Crippen molar-refractivity contribution >= 4 is 38.2 Å². The molecule has 0 spiro atoms. The Balaban J connectivity index is 1.99. The molecule has 0 saturated heterocycles. The van der Waals surface area contributed by atoms with Crippen molar-refractivity contribution in [1.82, 2.24) is 9.97 Å². The van der Waals surface area contributed by atoms with Crippen LogP contribution in [0.4, 0.5) is 5.82 Å². The quantitative estimate of drug-likeness (QED) is 0.904. The normalized spacial score (nSPS) is 14.7. The predicted octanol–water partition coefficient (Wildman–Crippen LogP) is 2.26. The first-order valence-corrected chi connectivity index (χ1v) is 7.93. The van der Waals surface area contributed by atoms with Gasteiger partial charge in [-0.15, -0.1) is 11.3 Å². The monoisotopic (exact) mass is 269 g/mol. The number of hydrogen-bond acceptors (Lipinski definition) is 5. The van der Waals surface area contributed by atoms with Crippen molar-refractivity contribution in [3.63, 3.8) is 0 Å². The van der Waals surface area contributed by atoms with Crippen LogP contribution in [0.15, 0.2) is 17.8 Å². The molecule has 4 nitrogen and oxygen atoms in total. The fraction of sp³-hybridized carbons (Fsp3) is 0.455. The molecule has 0 aromatic carbocycles. The van der Waals surface area contributed by atoms with E-state index < -0.39 is 10.8 Å². The molecule has 0 aliphatic carbocycles. The second-order valence-corrected chi connectivity index (χ2v) is 6.58. The molecule has 2 aromatic rings. The van der Waals surface area contributed by atoms with Crippen LogP contribution in [0.3, 0.4) is 0 Å². The van der Waals surface area contributed by atoms with E-state index in [1.54, 1.807) is 23.9 Å². The molecule has 0 saturated carbocycles. The van der Waals surface area contributed by atoms with E-state index in [0.717, 1.165) is 29.0 Å². The van der Waals surface area contributed by atoms with Gasteiger partial charge in [-0.2, -0.15) is 0 Å². The summed E-state index contributed by atoms with van der Waals surface area (Å²) < 4.78 is 11.2. The third kappa shape index (κ3) is 3.01. The number of rotatable bonds is 5. The summed E-state index contributed by atoms with van der Waals surface area (Å²) in [6.07, 6.45) is 4.19. The molecule has 2 aromatic heterocycles. The van der Waals surface area contributed by atoms with E-state index in [2.05, 4.69) is 15.3 Å². The number of fused-ring (bicyclic) bond motifs is 1. The molecule has 0 bridgehead atoms. The summed E-state index contributed by atoms with van der Waals surface area (Å²) in [4.78, 5) is 9.42. The molecule has 1 N–H and O–H groups in total. The van der Waals surface area contributed by atoms with Crippen LogP contribution in [-0.4, -0.2) is 32.2 Å². The third-order valence-electron chi connectivity index (χ3n) is 2.67. The van der Waals surface area contributed by atoms with Crippen molar-refractivity contribution in [3.05, 3.63) is 17.8 Å². The van der Waals surface area contributed by atoms with Crippen molar-refractivity contribution in [2.75, 3.05) is 18.1 Å². The molecule has 0 aliphatic rings. The lowest BCUT2D eigenvalue weighted by atomic mass is 10.3. The molecule has 92 valence electrons. The lowest BCUT2D eigenvalue weighted by Gasteiger charge is -2.09. The van der Waals surface area contributed by atoms with Gasteiger partial charge in [0.15, 0.2) is 0 Å². The van der Waals surface area contributed by atoms with Crippen LogP contribution in [0, 0.1) is 0 Å². The third-order valence-corrected chi connectivity index (χ3v) is 4.86. The molecule has 6 heteroatoms. The molecular formula is C11H15N3OS2. The van der Waals surface area contributed by atoms with Crippen molar-refractivity contribution in [2.24, 2.45) is 0 Å². The Morgan fingerprint density at radius 3 is 3.12 bits per heavy atom. The maximum Gasteiger partial charge on any atom is 0.138 e. The van der Waals surface area contributed by atoms with Gasteiger partial charge in [0.1, 0.15) is 17.0 Å². The second kappa shape index (κ2) is 5.55. The SMILES string of the molecule is CC(CCNc1ncnc2sccc12)S(C)=O. The van der Waals surface area contributed by atoms with E-state index >= 15 is 0 Å². The largest absolute Gasteiger partial charge is 0.369 e. The van der Waals surface area contributed by atoms with E-state index in [0.29, 0.717) is 0 Å². The minimum absolute atomic E-state index is 0.210. The van der Waals surface area contributed by atoms with Gasteiger partial charge in [0.2, 0.25) is 0 Å². The summed E-state index contributed by atoms with van der Waals surface area (Å²) in [6.45, 7) is 2.78. The zero-order valence-corrected chi connectivity index (χ0v) is 11.5. The number of hydrogen-bond donors (Lipinski definition) is 1. The summed E-state index contributed by atoms with van der Waals surface area (Å²) in [6, 6.07) is 2.02. The molecule has 0 amide bonds. The summed E-state index contributed by atoms with van der Waals surface area (Å²) >= 11 is 1.61. The average molecular weight is 269 g/mol. The van der Waals surface area contributed by atoms with Gasteiger partial charge in [0.25, 0.3) is 0 Å². The van der Waals surface area contributed by atoms with Crippen molar-refractivity contribution in [1.29, 1.82) is 0 Å². The second-order valence-electron chi connectivity index (χ2n) is 3.89. The number of thiophene rings is 1. The highest BCUT2D eigenvalue weighted by molar-refractivity contribution is 7.84. The summed E-state index contributed by atoms with van der Waals surface area (Å²) in [5.74, 6) is 0.866. The van der Waals surface area contributed by atoms with Crippen LogP contribution in [0.25, 0.3) is 10.2 Å². The van der Waals surface area contributed by atoms with Gasteiger partial charge in [-0.25, -0.2) is 9.97 Å². The highest BCUT2D eigenvalue weighted by Gasteiger charge is 2.07. The van der Waals surface area contributed by atoms with E-state index in [1.165, 1.54) is 0 Å². The maximum absolute atomic E-state index is 11.2. The Labute approximate surface area is 107 Å². The Morgan fingerprint density at radius 1 is 1.53 bits per heavy atom. The molecular weight excluding hydrogens is 254 g/mol. The van der Waals surface area contributed by atoms with Gasteiger partial charge < -0.3 is 5.32 Å². The predicted molar refractivity (Wildman–Crippen MR) is 74.1 cm³/mol. The Bertz CT molecular complexity index is 526. The Morgan fingerprint density at radius 2 is 2.35 bits per heavy atom. The summed E-state index contributed by atoms with van der Waals surface area (Å²) in [5, 5.41) is 6.56. The van der Waals surface area contributed by atoms with Crippen LogP contribution in [0.2, 0.25) is 0 Å². The molecule has 0 radical (unpaired) electrons. The first-order chi connectivity index (χ1) is 8.18. The minimum atomic E-state index is -0.758. The van der Waals surface area contributed by atoms with Crippen molar-refractivity contribution < 1.29 is 4.21 Å². The standard InChI is InChI=1S/C11H15N3OS2/c1-8(17(2)15)3-5-12-10-9-4-6-16-11(9)14-7-13-10/h4,6-8H,3,5H2,1-2H3,(H,12,13,14). The summed E-state index contributed by atoms with van der Waals surface area (Å²) in [7, 11) is -0.758. The first kappa shape index (κ1) is 12.4. The maximum atomic E-state index is 11.2. The number of nitrogens with one attached hydrogen (secondary N) is 1. The molecule has 2 rings (SSSR count). The topological polar surface area (TPSA) is 54.9 Å². The number of aromatic nitrogens is 2. The lowest BCUT2D eigenvalue weighted by Crippen LogP contribution is -2.15. The Kier molecular flexibility index (Phi) is 4.06. The van der Waals surface area contributed by atoms with E-state index in [9.17, 15) is 4.21 Å². The first-order valence-electron chi connectivity index (χ1n) is 5.43. The molecule has 2 unspecified atom stereocenters. The van der Waals surface area contributed by atoms with Crippen LogP contribution < -0.4 is 5.32 Å². The average Bonchev–Trinajstić information content (AvgIpc) is 2.77. The number of nitrogens with zero attached hydrogens (tertiary/aromatic N) is 2. The van der Waals surface area contributed by atoms with Crippen molar-refractivity contribution in [3.8, 4) is 0 Å². The van der Waals surface area contributed by atoms with Gasteiger partial charge in [0, 0.05) is 28.9 Å². The van der Waals surface area contributed by atoms with Gasteiger partial charge >= 0.3 is 0 Å². The van der Waals surface area contributed by atoms with Gasteiger partial charge in [0.05, 0.1) is 5.39 Å². The van der Waals surface area contributed by atoms with Crippen LogP contribution in [0.5, 0.6) is 0 Å². The number of anilines is 1. The fourth-order valence-electron chi connectivity index (χ4n) is 1.49. The highest BCUT2D eigenvalue weighted by atomic mass is 32.2. The van der Waals surface area contributed by atoms with Crippen LogP contribution in [0.1, 0.15) is 13.3 Å². The van der Waals surface area contributed by atoms with Gasteiger partial charge in [-0.1, -0.05) is 6.92 Å². The highest BCUT2D eigenvalue weighted by Crippen LogP contribution is 2.23. The fourth-order valence-corrected chi connectivity index (χ4v) is 2.67. The Hall–Kier alpha value is -1.01. The van der Waals surface area contributed by atoms with Crippen LogP contribution >= 0.6 is 11.3 Å². The van der Waals surface area contributed by atoms with E-state index in [1.807, 2.05) is 18.4 Å². The zero-order valence-electron chi connectivity index (χ0n) is 9.84. The lowest BCUT2D eigenvalue weighted by molar-refractivity contribution is 0.672. The molecule has 0 fully saturated rings. The molecule has 17 heavy (non-hydrogen) atoms. The zero-order chi connectivity index (χ0) is 12.3.